The molecule has 1 heterocycles. The maximum absolute atomic E-state index is 12.2. The predicted molar refractivity (Wildman–Crippen MR) is 70.6 cm³/mol. The van der Waals surface area contributed by atoms with Crippen LogP contribution in [0.4, 0.5) is 0 Å². The second-order valence-corrected chi connectivity index (χ2v) is 7.25. The number of hydrogen-bond acceptors (Lipinski definition) is 3. The number of carbonyl (C=O) groups excluding carboxylic acids is 1. The Bertz CT molecular complexity index is 453. The van der Waals surface area contributed by atoms with Crippen LogP contribution in [-0.2, 0) is 9.53 Å². The smallest absolute Gasteiger partial charge is 0.334 e. The van der Waals surface area contributed by atoms with Crippen molar-refractivity contribution in [2.45, 2.75) is 65.0 Å². The van der Waals surface area contributed by atoms with Gasteiger partial charge in [0.25, 0.3) is 0 Å². The molecule has 0 amide bonds. The fourth-order valence-electron chi connectivity index (χ4n) is 3.78. The van der Waals surface area contributed by atoms with Crippen molar-refractivity contribution >= 4 is 11.7 Å². The number of esters is 1. The Hall–Kier alpha value is -0.860. The number of ether oxygens (including phenoxy) is 1. The Morgan fingerprint density at radius 1 is 1.28 bits per heavy atom. The molecule has 2 aliphatic carbocycles. The third-order valence-electron chi connectivity index (χ3n) is 5.75. The Kier molecular flexibility index (Phi) is 2.15. The first-order chi connectivity index (χ1) is 8.23. The van der Waals surface area contributed by atoms with E-state index >= 15 is 0 Å². The van der Waals surface area contributed by atoms with Crippen molar-refractivity contribution in [2.75, 3.05) is 0 Å². The second-order valence-electron chi connectivity index (χ2n) is 7.25. The molecule has 2 fully saturated rings. The van der Waals surface area contributed by atoms with Crippen molar-refractivity contribution in [1.29, 1.82) is 0 Å². The predicted octanol–water partition coefficient (Wildman–Crippen LogP) is 2.98. The van der Waals surface area contributed by atoms with Gasteiger partial charge >= 0.3 is 5.97 Å². The molecule has 0 aromatic rings. The Balaban J connectivity index is 1.98. The molecule has 0 radical (unpaired) electrons. The van der Waals surface area contributed by atoms with E-state index in [0.717, 1.165) is 24.5 Å². The highest BCUT2D eigenvalue weighted by molar-refractivity contribution is 6.01. The minimum atomic E-state index is -0.652. The Morgan fingerprint density at radius 2 is 1.94 bits per heavy atom. The van der Waals surface area contributed by atoms with Crippen molar-refractivity contribution in [3.05, 3.63) is 0 Å². The molecule has 18 heavy (non-hydrogen) atoms. The van der Waals surface area contributed by atoms with Crippen LogP contribution in [-0.4, -0.2) is 22.8 Å². The van der Waals surface area contributed by atoms with Crippen LogP contribution in [0.5, 0.6) is 0 Å². The molecule has 100 valence electrons. The summed E-state index contributed by atoms with van der Waals surface area (Å²) in [6.45, 7) is 10.6. The first kappa shape index (κ1) is 12.2. The number of fused-ring (bicyclic) bond motifs is 2. The minimum absolute atomic E-state index is 0.145. The molecule has 4 atom stereocenters. The molecule has 0 unspecified atom stereocenters. The molecule has 0 bridgehead atoms. The highest BCUT2D eigenvalue weighted by Crippen LogP contribution is 2.66. The van der Waals surface area contributed by atoms with Gasteiger partial charge in [-0.05, 0) is 50.4 Å². The Labute approximate surface area is 109 Å². The monoisotopic (exact) mass is 249 g/mol. The average molecular weight is 249 g/mol. The van der Waals surface area contributed by atoms with Gasteiger partial charge in [-0.1, -0.05) is 20.8 Å². The molecule has 3 rings (SSSR count). The maximum Gasteiger partial charge on any atom is 0.334 e. The molecule has 1 aliphatic heterocycles. The van der Waals surface area contributed by atoms with E-state index in [-0.39, 0.29) is 5.97 Å². The lowest BCUT2D eigenvalue weighted by Gasteiger charge is -2.42. The van der Waals surface area contributed by atoms with Crippen LogP contribution in [0.1, 0.15) is 53.9 Å². The van der Waals surface area contributed by atoms with Gasteiger partial charge in [0.05, 0.1) is 5.71 Å². The fourth-order valence-corrected chi connectivity index (χ4v) is 3.78. The van der Waals surface area contributed by atoms with E-state index in [1.807, 2.05) is 20.8 Å². The van der Waals surface area contributed by atoms with Gasteiger partial charge < -0.3 is 4.74 Å². The molecule has 2 saturated carbocycles. The lowest BCUT2D eigenvalue weighted by Crippen LogP contribution is -2.54. The molecule has 3 aliphatic rings. The lowest BCUT2D eigenvalue weighted by atomic mass is 9.81. The van der Waals surface area contributed by atoms with Gasteiger partial charge in [0.1, 0.15) is 5.60 Å². The molecule has 0 aromatic heterocycles. The van der Waals surface area contributed by atoms with Crippen LogP contribution in [0, 0.1) is 17.3 Å². The van der Waals surface area contributed by atoms with Crippen molar-refractivity contribution in [1.82, 2.24) is 0 Å². The summed E-state index contributed by atoms with van der Waals surface area (Å²) in [7, 11) is 0. The van der Waals surface area contributed by atoms with E-state index < -0.39 is 11.1 Å². The quantitative estimate of drug-likeness (QED) is 0.670. The van der Waals surface area contributed by atoms with Gasteiger partial charge in [0.15, 0.2) is 5.54 Å². The van der Waals surface area contributed by atoms with Crippen LogP contribution in [0.15, 0.2) is 4.99 Å². The third-order valence-corrected chi connectivity index (χ3v) is 5.75. The van der Waals surface area contributed by atoms with Gasteiger partial charge in [0, 0.05) is 0 Å². The van der Waals surface area contributed by atoms with Gasteiger partial charge in [0.2, 0.25) is 0 Å². The van der Waals surface area contributed by atoms with E-state index in [0.29, 0.717) is 17.8 Å². The SMILES string of the molecule is CC[C@]1(C)N=C2C[C@@H]3[C@H](C[C@]2(C)OC1=O)C3(C)C. The highest BCUT2D eigenvalue weighted by Gasteiger charge is 2.65. The first-order valence-corrected chi connectivity index (χ1v) is 7.05. The van der Waals surface area contributed by atoms with E-state index in [4.69, 9.17) is 9.73 Å². The summed E-state index contributed by atoms with van der Waals surface area (Å²) < 4.78 is 5.80. The molecule has 3 nitrogen and oxygen atoms in total. The highest BCUT2D eigenvalue weighted by atomic mass is 16.6. The molecule has 0 N–H and O–H groups in total. The summed E-state index contributed by atoms with van der Waals surface area (Å²) in [6, 6.07) is 0. The summed E-state index contributed by atoms with van der Waals surface area (Å²) >= 11 is 0. The van der Waals surface area contributed by atoms with E-state index in [2.05, 4.69) is 13.8 Å². The van der Waals surface area contributed by atoms with E-state index in [9.17, 15) is 4.79 Å². The van der Waals surface area contributed by atoms with E-state index in [1.54, 1.807) is 0 Å². The largest absolute Gasteiger partial charge is 0.451 e. The van der Waals surface area contributed by atoms with Crippen molar-refractivity contribution in [3.63, 3.8) is 0 Å². The topological polar surface area (TPSA) is 38.7 Å². The molecule has 3 heteroatoms. The van der Waals surface area contributed by atoms with Crippen LogP contribution >= 0.6 is 0 Å². The number of carbonyl (C=O) groups is 1. The zero-order valence-electron chi connectivity index (χ0n) is 12.0. The number of nitrogens with zero attached hydrogens (tertiary/aromatic N) is 1. The molecule has 0 saturated heterocycles. The molecule has 0 spiro atoms. The number of rotatable bonds is 1. The summed E-state index contributed by atoms with van der Waals surface area (Å²) in [6.07, 6.45) is 2.68. The molecular formula is C15H23NO2. The van der Waals surface area contributed by atoms with Crippen molar-refractivity contribution < 1.29 is 9.53 Å². The standard InChI is InChI=1S/C15H23NO2/c1-6-14(4)12(17)18-15(5)8-10-9(13(10,2)3)7-11(15)16-14/h9-10H,6-8H2,1-5H3/t9-,10+,14+,15+/m1/s1. The van der Waals surface area contributed by atoms with Gasteiger partial charge in [-0.3, -0.25) is 4.99 Å². The normalized spacial score (nSPS) is 48.7. The zero-order chi connectivity index (χ0) is 13.3. The molecule has 0 aromatic carbocycles. The van der Waals surface area contributed by atoms with Gasteiger partial charge in [-0.2, -0.15) is 0 Å². The average Bonchev–Trinajstić information content (AvgIpc) is 2.78. The van der Waals surface area contributed by atoms with E-state index in [1.165, 1.54) is 0 Å². The van der Waals surface area contributed by atoms with Gasteiger partial charge in [-0.15, -0.1) is 0 Å². The fraction of sp³-hybridized carbons (Fsp3) is 0.867. The lowest BCUT2D eigenvalue weighted by molar-refractivity contribution is -0.162. The summed E-state index contributed by atoms with van der Waals surface area (Å²) in [5.41, 5.74) is 0.442. The van der Waals surface area contributed by atoms with Crippen LogP contribution in [0.2, 0.25) is 0 Å². The Morgan fingerprint density at radius 3 is 2.56 bits per heavy atom. The number of aliphatic imine (C=N–C) groups is 1. The van der Waals surface area contributed by atoms with Crippen molar-refractivity contribution in [2.24, 2.45) is 22.2 Å². The summed E-state index contributed by atoms with van der Waals surface area (Å²) in [5.74, 6) is 1.29. The number of hydrogen-bond donors (Lipinski definition) is 0. The minimum Gasteiger partial charge on any atom is -0.451 e. The first-order valence-electron chi connectivity index (χ1n) is 7.05. The van der Waals surface area contributed by atoms with Crippen LogP contribution < -0.4 is 0 Å². The van der Waals surface area contributed by atoms with Crippen LogP contribution in [0.3, 0.4) is 0 Å². The zero-order valence-corrected chi connectivity index (χ0v) is 12.0. The van der Waals surface area contributed by atoms with Crippen molar-refractivity contribution in [3.8, 4) is 0 Å². The molecular weight excluding hydrogens is 226 g/mol. The third kappa shape index (κ3) is 1.36. The summed E-state index contributed by atoms with van der Waals surface area (Å²) in [5, 5.41) is 0. The van der Waals surface area contributed by atoms with Gasteiger partial charge in [-0.25, -0.2) is 4.79 Å². The summed E-state index contributed by atoms with van der Waals surface area (Å²) in [4.78, 5) is 17.0. The van der Waals surface area contributed by atoms with Crippen LogP contribution in [0.25, 0.3) is 0 Å². The maximum atomic E-state index is 12.2. The second kappa shape index (κ2) is 3.17.